The fraction of sp³-hybridized carbons (Fsp3) is 0.471. The summed E-state index contributed by atoms with van der Waals surface area (Å²) in [6, 6.07) is 2.22. The van der Waals surface area contributed by atoms with E-state index in [-0.39, 0.29) is 0 Å². The van der Waals surface area contributed by atoms with E-state index in [0.717, 1.165) is 48.5 Å². The largest absolute Gasteiger partial charge is 0.359 e. The van der Waals surface area contributed by atoms with E-state index in [1.165, 1.54) is 5.56 Å². The summed E-state index contributed by atoms with van der Waals surface area (Å²) in [6.07, 6.45) is 5.17. The lowest BCUT2D eigenvalue weighted by Crippen LogP contribution is -2.21. The molecule has 0 aliphatic carbocycles. The van der Waals surface area contributed by atoms with Crippen molar-refractivity contribution in [3.05, 3.63) is 36.0 Å². The van der Waals surface area contributed by atoms with Gasteiger partial charge in [-0.25, -0.2) is 4.98 Å². The van der Waals surface area contributed by atoms with Gasteiger partial charge in [0.2, 0.25) is 0 Å². The van der Waals surface area contributed by atoms with Crippen molar-refractivity contribution in [3.63, 3.8) is 0 Å². The van der Waals surface area contributed by atoms with Crippen molar-refractivity contribution in [2.75, 3.05) is 18.5 Å². The highest BCUT2D eigenvalue weighted by Crippen LogP contribution is 2.26. The lowest BCUT2D eigenvalue weighted by molar-refractivity contribution is 0.816. The molecule has 0 saturated heterocycles. The third kappa shape index (κ3) is 3.69. The number of hydrogen-bond acceptors (Lipinski definition) is 2. The summed E-state index contributed by atoms with van der Waals surface area (Å²) in [4.78, 5) is 7.08. The molecule has 0 aromatic carbocycles. The second-order valence-corrected chi connectivity index (χ2v) is 5.06. The smallest absolute Gasteiger partial charge is 0.132 e. The zero-order valence-electron chi connectivity index (χ0n) is 12.8. The number of anilines is 1. The Hall–Kier alpha value is -1.57. The number of aryl methyl sites for hydroxylation is 1. The first kappa shape index (κ1) is 15.5. The lowest BCUT2D eigenvalue weighted by Gasteiger charge is -2.22. The van der Waals surface area contributed by atoms with Gasteiger partial charge in [-0.3, -0.25) is 0 Å². The lowest BCUT2D eigenvalue weighted by atomic mass is 10.0. The van der Waals surface area contributed by atoms with Gasteiger partial charge in [0.25, 0.3) is 0 Å². The average molecular weight is 258 g/mol. The summed E-state index contributed by atoms with van der Waals surface area (Å²) in [6.45, 7) is 15.3. The van der Waals surface area contributed by atoms with Gasteiger partial charge in [-0.2, -0.15) is 0 Å². The van der Waals surface area contributed by atoms with Crippen molar-refractivity contribution in [1.82, 2.24) is 4.98 Å². The molecule has 0 fully saturated rings. The molecule has 0 atom stereocenters. The van der Waals surface area contributed by atoms with Gasteiger partial charge in [0.05, 0.1) is 5.69 Å². The maximum absolute atomic E-state index is 4.84. The highest BCUT2D eigenvalue weighted by atomic mass is 15.2. The Kier molecular flexibility index (Phi) is 5.81. The van der Waals surface area contributed by atoms with Gasteiger partial charge in [-0.1, -0.05) is 39.5 Å². The number of rotatable bonds is 7. The van der Waals surface area contributed by atoms with Crippen LogP contribution in [0.3, 0.4) is 0 Å². The van der Waals surface area contributed by atoms with Gasteiger partial charge in [-0.15, -0.1) is 0 Å². The molecule has 0 unspecified atom stereocenters. The third-order valence-corrected chi connectivity index (χ3v) is 3.17. The summed E-state index contributed by atoms with van der Waals surface area (Å²) in [5, 5.41) is 0. The molecule has 0 aliphatic heterocycles. The van der Waals surface area contributed by atoms with Gasteiger partial charge >= 0.3 is 0 Å². The highest BCUT2D eigenvalue weighted by molar-refractivity contribution is 5.71. The van der Waals surface area contributed by atoms with Crippen LogP contribution in [0.1, 0.15) is 50.4 Å². The Morgan fingerprint density at radius 1 is 1.37 bits per heavy atom. The van der Waals surface area contributed by atoms with Crippen LogP contribution in [0.25, 0.3) is 11.6 Å². The molecule has 1 rings (SSSR count). The molecule has 0 spiro atoms. The van der Waals surface area contributed by atoms with Gasteiger partial charge in [-0.05, 0) is 37.0 Å². The quantitative estimate of drug-likeness (QED) is 0.713. The molecular weight excluding hydrogens is 232 g/mol. The van der Waals surface area contributed by atoms with E-state index in [0.29, 0.717) is 0 Å². The number of nitrogens with zero attached hydrogens (tertiary/aromatic N) is 2. The molecule has 0 N–H and O–H groups in total. The summed E-state index contributed by atoms with van der Waals surface area (Å²) in [5.74, 6) is 1.09. The average Bonchev–Trinajstić information content (AvgIpc) is 2.38. The molecule has 1 aromatic heterocycles. The molecule has 0 bridgehead atoms. The maximum Gasteiger partial charge on any atom is 0.132 e. The third-order valence-electron chi connectivity index (χ3n) is 3.17. The maximum atomic E-state index is 4.84. The minimum absolute atomic E-state index is 0.966. The molecule has 1 aromatic rings. The van der Waals surface area contributed by atoms with E-state index in [1.807, 2.05) is 13.0 Å². The Balaban J connectivity index is 3.35. The SMILES string of the molecule is C=Cc1cc(CCC)c(N(C)CCC)nc1C(=C)C. The fourth-order valence-corrected chi connectivity index (χ4v) is 2.29. The van der Waals surface area contributed by atoms with Gasteiger partial charge in [0.15, 0.2) is 0 Å². The van der Waals surface area contributed by atoms with Crippen molar-refractivity contribution >= 4 is 17.5 Å². The summed E-state index contributed by atoms with van der Waals surface area (Å²) < 4.78 is 0. The molecule has 0 amide bonds. The Morgan fingerprint density at radius 2 is 2.05 bits per heavy atom. The van der Waals surface area contributed by atoms with Gasteiger partial charge < -0.3 is 4.90 Å². The number of aromatic nitrogens is 1. The zero-order chi connectivity index (χ0) is 14.4. The van der Waals surface area contributed by atoms with Crippen LogP contribution in [0.15, 0.2) is 19.2 Å². The first-order valence-electron chi connectivity index (χ1n) is 7.08. The Morgan fingerprint density at radius 3 is 2.53 bits per heavy atom. The second-order valence-electron chi connectivity index (χ2n) is 5.06. The van der Waals surface area contributed by atoms with E-state index >= 15 is 0 Å². The summed E-state index contributed by atoms with van der Waals surface area (Å²) in [7, 11) is 2.11. The van der Waals surface area contributed by atoms with Crippen LogP contribution in [0.5, 0.6) is 0 Å². The predicted octanol–water partition coefficient (Wildman–Crippen LogP) is 4.56. The first-order valence-corrected chi connectivity index (χ1v) is 7.08. The molecule has 0 saturated carbocycles. The minimum atomic E-state index is 0.966. The zero-order valence-corrected chi connectivity index (χ0v) is 12.8. The molecule has 19 heavy (non-hydrogen) atoms. The second kappa shape index (κ2) is 7.13. The van der Waals surface area contributed by atoms with Crippen molar-refractivity contribution in [1.29, 1.82) is 0 Å². The molecular formula is C17H26N2. The van der Waals surface area contributed by atoms with Crippen LogP contribution in [0.4, 0.5) is 5.82 Å². The standard InChI is InChI=1S/C17H26N2/c1-7-10-15-12-14(9-3)16(13(4)5)18-17(15)19(6)11-8-2/h9,12H,3-4,7-8,10-11H2,1-2,5-6H3. The van der Waals surface area contributed by atoms with E-state index in [1.54, 1.807) is 0 Å². The van der Waals surface area contributed by atoms with Crippen LogP contribution in [-0.2, 0) is 6.42 Å². The normalized spacial score (nSPS) is 10.3. The topological polar surface area (TPSA) is 16.1 Å². The van der Waals surface area contributed by atoms with Gasteiger partial charge in [0.1, 0.15) is 5.82 Å². The van der Waals surface area contributed by atoms with Crippen LogP contribution in [0.2, 0.25) is 0 Å². The molecule has 2 heteroatoms. The Bertz CT molecular complexity index is 461. The molecule has 2 nitrogen and oxygen atoms in total. The number of allylic oxidation sites excluding steroid dienone is 1. The molecule has 1 heterocycles. The predicted molar refractivity (Wildman–Crippen MR) is 86.6 cm³/mol. The van der Waals surface area contributed by atoms with Crippen molar-refractivity contribution in [3.8, 4) is 0 Å². The first-order chi connectivity index (χ1) is 9.04. The molecule has 0 radical (unpaired) electrons. The van der Waals surface area contributed by atoms with Crippen LogP contribution < -0.4 is 4.90 Å². The fourth-order valence-electron chi connectivity index (χ4n) is 2.29. The van der Waals surface area contributed by atoms with E-state index < -0.39 is 0 Å². The summed E-state index contributed by atoms with van der Waals surface area (Å²) in [5.41, 5.74) is 4.35. The van der Waals surface area contributed by atoms with Crippen LogP contribution >= 0.6 is 0 Å². The highest BCUT2D eigenvalue weighted by Gasteiger charge is 2.13. The van der Waals surface area contributed by atoms with Crippen molar-refractivity contribution in [2.45, 2.75) is 40.0 Å². The minimum Gasteiger partial charge on any atom is -0.359 e. The van der Waals surface area contributed by atoms with Crippen LogP contribution in [0, 0.1) is 0 Å². The number of hydrogen-bond donors (Lipinski definition) is 0. The monoisotopic (exact) mass is 258 g/mol. The molecule has 104 valence electrons. The van der Waals surface area contributed by atoms with E-state index in [9.17, 15) is 0 Å². The van der Waals surface area contributed by atoms with Crippen molar-refractivity contribution in [2.24, 2.45) is 0 Å². The van der Waals surface area contributed by atoms with E-state index in [2.05, 4.69) is 45.0 Å². The van der Waals surface area contributed by atoms with E-state index in [4.69, 9.17) is 4.98 Å². The van der Waals surface area contributed by atoms with Crippen molar-refractivity contribution < 1.29 is 0 Å². The number of pyridine rings is 1. The molecule has 0 aliphatic rings. The summed E-state index contributed by atoms with van der Waals surface area (Å²) >= 11 is 0. The van der Waals surface area contributed by atoms with Gasteiger partial charge in [0, 0.05) is 19.2 Å². The van der Waals surface area contributed by atoms with Crippen LogP contribution in [-0.4, -0.2) is 18.6 Å². The Labute approximate surface area is 117 Å².